The van der Waals surface area contributed by atoms with E-state index in [1.165, 1.54) is 12.1 Å². The second kappa shape index (κ2) is 8.05. The maximum Gasteiger partial charge on any atom is 0.251 e. The minimum Gasteiger partial charge on any atom is -0.380 e. The Bertz CT molecular complexity index is 802. The number of rotatable bonds is 7. The van der Waals surface area contributed by atoms with E-state index in [0.717, 1.165) is 11.1 Å². The molecular weight excluding hydrogens is 328 g/mol. The van der Waals surface area contributed by atoms with Gasteiger partial charge in [-0.2, -0.15) is 0 Å². The molecule has 0 saturated heterocycles. The number of benzene rings is 2. The lowest BCUT2D eigenvalue weighted by Crippen LogP contribution is -2.25. The van der Waals surface area contributed by atoms with Crippen LogP contribution in [0.4, 0.5) is 0 Å². The van der Waals surface area contributed by atoms with Crippen LogP contribution in [0, 0.1) is 0 Å². The number of hydrogen-bond donors (Lipinski definition) is 2. The van der Waals surface area contributed by atoms with Gasteiger partial charge in [0, 0.05) is 19.2 Å². The normalized spacial score (nSPS) is 11.2. The van der Waals surface area contributed by atoms with Crippen LogP contribution in [0.25, 0.3) is 0 Å². The largest absolute Gasteiger partial charge is 0.380 e. The molecule has 3 N–H and O–H groups in total. The van der Waals surface area contributed by atoms with Crippen LogP contribution in [-0.2, 0) is 27.8 Å². The highest BCUT2D eigenvalue weighted by Crippen LogP contribution is 2.09. The smallest absolute Gasteiger partial charge is 0.251 e. The third-order valence-corrected chi connectivity index (χ3v) is 4.38. The number of sulfonamides is 1. The number of nitrogens with two attached hydrogens (primary N) is 1. The molecule has 0 atom stereocenters. The van der Waals surface area contributed by atoms with Crippen LogP contribution >= 0.6 is 0 Å². The fraction of sp³-hybridized carbons (Fsp3) is 0.235. The first-order chi connectivity index (χ1) is 11.4. The van der Waals surface area contributed by atoms with E-state index < -0.39 is 10.0 Å². The summed E-state index contributed by atoms with van der Waals surface area (Å²) in [6.07, 6.45) is 0.592. The lowest BCUT2D eigenvalue weighted by molar-refractivity contribution is 0.0954. The zero-order chi connectivity index (χ0) is 17.6. The lowest BCUT2D eigenvalue weighted by atomic mass is 10.1. The monoisotopic (exact) mass is 348 g/mol. The Balaban J connectivity index is 1.89. The van der Waals surface area contributed by atoms with Crippen molar-refractivity contribution in [2.24, 2.45) is 5.14 Å². The lowest BCUT2D eigenvalue weighted by Gasteiger charge is -2.07. The predicted molar refractivity (Wildman–Crippen MR) is 91.0 cm³/mol. The molecule has 0 spiro atoms. The van der Waals surface area contributed by atoms with Gasteiger partial charge >= 0.3 is 0 Å². The number of carbonyl (C=O) groups is 1. The van der Waals surface area contributed by atoms with Gasteiger partial charge in [0.25, 0.3) is 5.91 Å². The molecule has 0 aliphatic carbocycles. The maximum absolute atomic E-state index is 12.1. The summed E-state index contributed by atoms with van der Waals surface area (Å²) in [4.78, 5) is 12.2. The van der Waals surface area contributed by atoms with Crippen LogP contribution in [0.1, 0.15) is 21.5 Å². The molecule has 2 aromatic carbocycles. The molecule has 0 bridgehead atoms. The second-order valence-corrected chi connectivity index (χ2v) is 6.89. The van der Waals surface area contributed by atoms with E-state index in [1.54, 1.807) is 31.4 Å². The van der Waals surface area contributed by atoms with Crippen molar-refractivity contribution in [1.29, 1.82) is 0 Å². The quantitative estimate of drug-likeness (QED) is 0.791. The molecule has 2 rings (SSSR count). The molecule has 0 radical (unpaired) electrons. The van der Waals surface area contributed by atoms with Gasteiger partial charge in [-0.25, -0.2) is 13.6 Å². The van der Waals surface area contributed by atoms with Gasteiger partial charge in [-0.3, -0.25) is 4.79 Å². The zero-order valence-electron chi connectivity index (χ0n) is 13.4. The van der Waals surface area contributed by atoms with Crippen molar-refractivity contribution >= 4 is 15.9 Å². The van der Waals surface area contributed by atoms with Gasteiger partial charge in [0.1, 0.15) is 0 Å². The number of carbonyl (C=O) groups excluding carboxylic acids is 1. The molecule has 7 heteroatoms. The molecule has 0 aliphatic rings. The van der Waals surface area contributed by atoms with E-state index in [1.807, 2.05) is 12.1 Å². The Morgan fingerprint density at radius 3 is 2.46 bits per heavy atom. The highest BCUT2D eigenvalue weighted by molar-refractivity contribution is 7.89. The van der Waals surface area contributed by atoms with Crippen LogP contribution in [0.5, 0.6) is 0 Å². The van der Waals surface area contributed by atoms with E-state index in [-0.39, 0.29) is 10.8 Å². The first kappa shape index (κ1) is 18.1. The molecule has 0 aliphatic heterocycles. The molecule has 2 aromatic rings. The van der Waals surface area contributed by atoms with Gasteiger partial charge in [-0.15, -0.1) is 0 Å². The molecule has 0 saturated carbocycles. The highest BCUT2D eigenvalue weighted by Gasteiger charge is 2.08. The van der Waals surface area contributed by atoms with Crippen molar-refractivity contribution in [2.75, 3.05) is 13.7 Å². The number of methoxy groups -OCH3 is 1. The average Bonchev–Trinajstić information content (AvgIpc) is 2.55. The maximum atomic E-state index is 12.1. The highest BCUT2D eigenvalue weighted by atomic mass is 32.2. The van der Waals surface area contributed by atoms with Crippen molar-refractivity contribution in [3.05, 3.63) is 65.2 Å². The van der Waals surface area contributed by atoms with Crippen molar-refractivity contribution in [3.8, 4) is 0 Å². The molecular formula is C17H20N2O4S. The van der Waals surface area contributed by atoms with E-state index in [9.17, 15) is 13.2 Å². The summed E-state index contributed by atoms with van der Waals surface area (Å²) in [5, 5.41) is 7.89. The van der Waals surface area contributed by atoms with Gasteiger partial charge in [-0.1, -0.05) is 24.3 Å². The van der Waals surface area contributed by atoms with E-state index >= 15 is 0 Å². The Morgan fingerprint density at radius 1 is 1.12 bits per heavy atom. The second-order valence-electron chi connectivity index (χ2n) is 5.33. The average molecular weight is 348 g/mol. The third kappa shape index (κ3) is 5.16. The van der Waals surface area contributed by atoms with Crippen molar-refractivity contribution in [3.63, 3.8) is 0 Å². The standard InChI is InChI=1S/C17H20N2O4S/c1-23-12-14-3-2-4-15(11-14)17(20)19-10-9-13-5-7-16(8-6-13)24(18,21)22/h2-8,11H,9-10,12H2,1H3,(H,19,20)(H2,18,21,22). The van der Waals surface area contributed by atoms with Gasteiger partial charge in [-0.05, 0) is 41.8 Å². The number of amides is 1. The molecule has 0 fully saturated rings. The summed E-state index contributed by atoms with van der Waals surface area (Å²) in [5.74, 6) is -0.158. The summed E-state index contributed by atoms with van der Waals surface area (Å²) in [6.45, 7) is 0.902. The van der Waals surface area contributed by atoms with E-state index in [4.69, 9.17) is 9.88 Å². The zero-order valence-corrected chi connectivity index (χ0v) is 14.2. The SMILES string of the molecule is COCc1cccc(C(=O)NCCc2ccc(S(N)(=O)=O)cc2)c1. The molecule has 128 valence electrons. The van der Waals surface area contributed by atoms with Crippen molar-refractivity contribution in [2.45, 2.75) is 17.9 Å². The minimum atomic E-state index is -3.68. The van der Waals surface area contributed by atoms with Gasteiger partial charge < -0.3 is 10.1 Å². The number of primary sulfonamides is 1. The Kier molecular flexibility index (Phi) is 6.08. The number of hydrogen-bond acceptors (Lipinski definition) is 4. The first-order valence-electron chi connectivity index (χ1n) is 7.38. The third-order valence-electron chi connectivity index (χ3n) is 3.45. The van der Waals surface area contributed by atoms with Crippen molar-refractivity contribution < 1.29 is 17.9 Å². The molecule has 0 unspecified atom stereocenters. The van der Waals surface area contributed by atoms with E-state index in [0.29, 0.717) is 25.1 Å². The van der Waals surface area contributed by atoms with Crippen LogP contribution < -0.4 is 10.5 Å². The predicted octanol–water partition coefficient (Wildman–Crippen LogP) is 1.45. The summed E-state index contributed by atoms with van der Waals surface area (Å²) in [7, 11) is -2.07. The van der Waals surface area contributed by atoms with E-state index in [2.05, 4.69) is 5.32 Å². The molecule has 24 heavy (non-hydrogen) atoms. The number of ether oxygens (including phenoxy) is 1. The Labute approximate surface area is 141 Å². The van der Waals surface area contributed by atoms with Crippen LogP contribution in [0.15, 0.2) is 53.4 Å². The van der Waals surface area contributed by atoms with Crippen LogP contribution in [-0.4, -0.2) is 28.0 Å². The number of nitrogens with one attached hydrogen (secondary N) is 1. The topological polar surface area (TPSA) is 98.5 Å². The first-order valence-corrected chi connectivity index (χ1v) is 8.92. The molecule has 0 aromatic heterocycles. The van der Waals surface area contributed by atoms with Gasteiger partial charge in [0.05, 0.1) is 11.5 Å². The molecule has 6 nitrogen and oxygen atoms in total. The van der Waals surface area contributed by atoms with Gasteiger partial charge in [0.2, 0.25) is 10.0 Å². The van der Waals surface area contributed by atoms with Crippen LogP contribution in [0.2, 0.25) is 0 Å². The molecule has 1 amide bonds. The Hall–Kier alpha value is -2.22. The minimum absolute atomic E-state index is 0.0743. The fourth-order valence-corrected chi connectivity index (χ4v) is 2.75. The van der Waals surface area contributed by atoms with Crippen LogP contribution in [0.3, 0.4) is 0 Å². The summed E-state index contributed by atoms with van der Waals surface area (Å²) >= 11 is 0. The fourth-order valence-electron chi connectivity index (χ4n) is 2.24. The summed E-state index contributed by atoms with van der Waals surface area (Å²) in [6, 6.07) is 13.5. The molecule has 0 heterocycles. The Morgan fingerprint density at radius 2 is 1.83 bits per heavy atom. The van der Waals surface area contributed by atoms with Gasteiger partial charge in [0.15, 0.2) is 0 Å². The summed E-state index contributed by atoms with van der Waals surface area (Å²) < 4.78 is 27.4. The van der Waals surface area contributed by atoms with Crippen molar-refractivity contribution in [1.82, 2.24) is 5.32 Å². The summed E-state index contributed by atoms with van der Waals surface area (Å²) in [5.41, 5.74) is 2.42.